The highest BCUT2D eigenvalue weighted by Crippen LogP contribution is 2.34. The third kappa shape index (κ3) is 3.13. The van der Waals surface area contributed by atoms with E-state index in [9.17, 15) is 9.59 Å². The lowest BCUT2D eigenvalue weighted by atomic mass is 9.87. The number of esters is 2. The van der Waals surface area contributed by atoms with E-state index in [2.05, 4.69) is 0 Å². The highest BCUT2D eigenvalue weighted by molar-refractivity contribution is 6.45. The zero-order valence-corrected chi connectivity index (χ0v) is 12.0. The van der Waals surface area contributed by atoms with Crippen molar-refractivity contribution in [2.45, 2.75) is 64.7 Å². The molecule has 2 fully saturated rings. The number of carbonyl (C=O) groups is 2. The monoisotopic (exact) mass is 286 g/mol. The summed E-state index contributed by atoms with van der Waals surface area (Å²) in [5.74, 6) is -0.880. The van der Waals surface area contributed by atoms with E-state index in [1.54, 1.807) is 6.92 Å². The molecule has 2 rings (SSSR count). The zero-order valence-electron chi connectivity index (χ0n) is 12.0. The molecule has 5 unspecified atom stereocenters. The van der Waals surface area contributed by atoms with Crippen LogP contribution >= 0.6 is 0 Å². The first-order valence-corrected chi connectivity index (χ1v) is 6.73. The van der Waals surface area contributed by atoms with Gasteiger partial charge in [-0.05, 0) is 13.2 Å². The molecule has 2 aliphatic rings. The fourth-order valence-corrected chi connectivity index (χ4v) is 2.46. The summed E-state index contributed by atoms with van der Waals surface area (Å²) in [6.45, 7) is 6.28. The first-order valence-electron chi connectivity index (χ1n) is 6.73. The van der Waals surface area contributed by atoms with Crippen LogP contribution in [-0.4, -0.2) is 49.8 Å². The Hall–Kier alpha value is -1.12. The lowest BCUT2D eigenvalue weighted by Crippen LogP contribution is -2.57. The van der Waals surface area contributed by atoms with E-state index < -0.39 is 49.8 Å². The van der Waals surface area contributed by atoms with Gasteiger partial charge in [-0.2, -0.15) is 0 Å². The van der Waals surface area contributed by atoms with E-state index >= 15 is 0 Å². The van der Waals surface area contributed by atoms with Gasteiger partial charge in [-0.1, -0.05) is 6.92 Å². The lowest BCUT2D eigenvalue weighted by Gasteiger charge is -2.40. The average Bonchev–Trinajstić information content (AvgIpc) is 2.77. The fraction of sp³-hybridized carbons (Fsp3) is 0.833. The van der Waals surface area contributed by atoms with Crippen LogP contribution in [0.1, 0.15) is 27.7 Å². The van der Waals surface area contributed by atoms with E-state index in [-0.39, 0.29) is 0 Å². The molecule has 2 aliphatic heterocycles. The quantitative estimate of drug-likeness (QED) is 0.552. The van der Waals surface area contributed by atoms with Gasteiger partial charge in [0.1, 0.15) is 12.2 Å². The maximum absolute atomic E-state index is 11.2. The van der Waals surface area contributed by atoms with Crippen LogP contribution in [0.4, 0.5) is 0 Å². The highest BCUT2D eigenvalue weighted by Gasteiger charge is 2.55. The summed E-state index contributed by atoms with van der Waals surface area (Å²) in [5, 5.41) is 0. The second-order valence-corrected chi connectivity index (χ2v) is 4.93. The van der Waals surface area contributed by atoms with Crippen molar-refractivity contribution in [3.63, 3.8) is 0 Å². The smallest absolute Gasteiger partial charge is 0.457 e. The van der Waals surface area contributed by atoms with E-state index in [4.69, 9.17) is 23.5 Å². The minimum absolute atomic E-state index is 0.418. The van der Waals surface area contributed by atoms with Gasteiger partial charge in [0.05, 0.1) is 6.10 Å². The van der Waals surface area contributed by atoms with Gasteiger partial charge in [0.2, 0.25) is 6.29 Å². The van der Waals surface area contributed by atoms with Crippen molar-refractivity contribution >= 4 is 19.1 Å². The van der Waals surface area contributed by atoms with Gasteiger partial charge in [-0.3, -0.25) is 9.59 Å². The molecule has 112 valence electrons. The number of carbonyl (C=O) groups excluding carboxylic acids is 2. The first kappa shape index (κ1) is 15.3. The van der Waals surface area contributed by atoms with Crippen LogP contribution in [0.2, 0.25) is 6.32 Å². The summed E-state index contributed by atoms with van der Waals surface area (Å²) in [6.07, 6.45) is -2.34. The molecule has 5 atom stereocenters. The Morgan fingerprint density at radius 2 is 1.70 bits per heavy atom. The van der Waals surface area contributed by atoms with Gasteiger partial charge in [0.25, 0.3) is 0 Å². The maximum Gasteiger partial charge on any atom is 0.457 e. The van der Waals surface area contributed by atoms with Crippen LogP contribution in [0, 0.1) is 0 Å². The Morgan fingerprint density at radius 1 is 1.10 bits per heavy atom. The molecule has 0 bridgehead atoms. The number of ether oxygens (including phenoxy) is 3. The van der Waals surface area contributed by atoms with Crippen LogP contribution in [0.15, 0.2) is 0 Å². The van der Waals surface area contributed by atoms with E-state index in [0.29, 0.717) is 6.32 Å². The Morgan fingerprint density at radius 3 is 2.25 bits per heavy atom. The minimum Gasteiger partial charge on any atom is -0.457 e. The molecule has 0 spiro atoms. The third-order valence-corrected chi connectivity index (χ3v) is 3.26. The second kappa shape index (κ2) is 6.11. The van der Waals surface area contributed by atoms with Crippen molar-refractivity contribution in [1.29, 1.82) is 0 Å². The number of fused-ring (bicyclic) bond motifs is 1. The van der Waals surface area contributed by atoms with Crippen molar-refractivity contribution in [3.8, 4) is 0 Å². The molecule has 2 saturated heterocycles. The zero-order chi connectivity index (χ0) is 14.9. The molecular weight excluding hydrogens is 267 g/mol. The number of rotatable bonds is 3. The van der Waals surface area contributed by atoms with Gasteiger partial charge in [-0.25, -0.2) is 0 Å². The minimum atomic E-state index is -0.851. The Labute approximate surface area is 118 Å². The van der Waals surface area contributed by atoms with Gasteiger partial charge in [0, 0.05) is 13.8 Å². The van der Waals surface area contributed by atoms with E-state index in [1.807, 2.05) is 6.92 Å². The van der Waals surface area contributed by atoms with Crippen LogP contribution in [0.5, 0.6) is 0 Å². The van der Waals surface area contributed by atoms with Crippen molar-refractivity contribution in [3.05, 3.63) is 0 Å². The summed E-state index contributed by atoms with van der Waals surface area (Å²) in [5.41, 5.74) is 0. The molecular formula is C12H19BO7. The SMILES string of the molecule is CCB1OC2C(OC(C)=O)OC(C)C(OC(C)=O)C2O1. The summed E-state index contributed by atoms with van der Waals surface area (Å²) < 4.78 is 27.4. The Kier molecular flexibility index (Phi) is 4.67. The molecule has 0 aromatic heterocycles. The molecule has 0 N–H and O–H groups in total. The maximum atomic E-state index is 11.2. The van der Waals surface area contributed by atoms with Crippen LogP contribution in [0.25, 0.3) is 0 Å². The molecule has 0 aliphatic carbocycles. The Bertz CT molecular complexity index is 388. The van der Waals surface area contributed by atoms with Crippen molar-refractivity contribution in [2.24, 2.45) is 0 Å². The van der Waals surface area contributed by atoms with Crippen molar-refractivity contribution in [1.82, 2.24) is 0 Å². The third-order valence-electron chi connectivity index (χ3n) is 3.26. The van der Waals surface area contributed by atoms with Gasteiger partial charge < -0.3 is 23.5 Å². The highest BCUT2D eigenvalue weighted by atomic mass is 16.8. The molecule has 0 saturated carbocycles. The predicted molar refractivity (Wildman–Crippen MR) is 67.6 cm³/mol. The molecule has 0 aromatic rings. The normalized spacial score (nSPS) is 36.4. The number of hydrogen-bond donors (Lipinski definition) is 0. The van der Waals surface area contributed by atoms with Gasteiger partial charge in [-0.15, -0.1) is 0 Å². The largest absolute Gasteiger partial charge is 0.457 e. The fourth-order valence-electron chi connectivity index (χ4n) is 2.46. The Balaban J connectivity index is 2.16. The first-order chi connectivity index (χ1) is 9.42. The topological polar surface area (TPSA) is 80.3 Å². The van der Waals surface area contributed by atoms with E-state index in [1.165, 1.54) is 13.8 Å². The average molecular weight is 286 g/mol. The molecule has 2 heterocycles. The molecule has 7 nitrogen and oxygen atoms in total. The molecule has 20 heavy (non-hydrogen) atoms. The van der Waals surface area contributed by atoms with Crippen molar-refractivity contribution in [2.75, 3.05) is 0 Å². The van der Waals surface area contributed by atoms with Crippen LogP contribution < -0.4 is 0 Å². The molecule has 8 heteroatoms. The molecule has 0 aromatic carbocycles. The van der Waals surface area contributed by atoms with Crippen LogP contribution in [-0.2, 0) is 33.1 Å². The standard InChI is InChI=1S/C12H19BO7/c1-5-13-19-10-9(17-7(3)14)6(2)16-12(11(10)20-13)18-8(4)15/h6,9-12H,5H2,1-4H3. The lowest BCUT2D eigenvalue weighted by molar-refractivity contribution is -0.264. The number of hydrogen-bond acceptors (Lipinski definition) is 7. The van der Waals surface area contributed by atoms with E-state index in [0.717, 1.165) is 0 Å². The predicted octanol–water partition coefficient (Wildman–Crippen LogP) is 0.518. The summed E-state index contributed by atoms with van der Waals surface area (Å²) in [7, 11) is -0.421. The van der Waals surface area contributed by atoms with Gasteiger partial charge in [0.15, 0.2) is 6.10 Å². The van der Waals surface area contributed by atoms with Crippen molar-refractivity contribution < 1.29 is 33.1 Å². The molecule has 0 amide bonds. The van der Waals surface area contributed by atoms with Crippen LogP contribution in [0.3, 0.4) is 0 Å². The second-order valence-electron chi connectivity index (χ2n) is 4.93. The summed E-state index contributed by atoms with van der Waals surface area (Å²) >= 11 is 0. The van der Waals surface area contributed by atoms with Gasteiger partial charge >= 0.3 is 19.1 Å². The summed E-state index contributed by atoms with van der Waals surface area (Å²) in [6, 6.07) is 0. The molecule has 0 radical (unpaired) electrons. The summed E-state index contributed by atoms with van der Waals surface area (Å²) in [4.78, 5) is 22.3.